The van der Waals surface area contributed by atoms with Crippen LogP contribution in [0.5, 0.6) is 0 Å². The van der Waals surface area contributed by atoms with Gasteiger partial charge >= 0.3 is 5.97 Å². The van der Waals surface area contributed by atoms with Crippen molar-refractivity contribution in [1.82, 2.24) is 5.32 Å². The Morgan fingerprint density at radius 1 is 1.32 bits per heavy atom. The quantitative estimate of drug-likeness (QED) is 0.775. The normalized spacial score (nSPS) is 22.8. The summed E-state index contributed by atoms with van der Waals surface area (Å²) in [6.07, 6.45) is 1.85. The summed E-state index contributed by atoms with van der Waals surface area (Å²) in [5.41, 5.74) is 0.439. The molecule has 1 fully saturated rings. The maximum Gasteiger partial charge on any atom is 0.335 e. The smallest absolute Gasteiger partial charge is 0.335 e. The predicted octanol–water partition coefficient (Wildman–Crippen LogP) is 1.71. The molecule has 0 spiro atoms. The molecule has 1 atom stereocenters. The van der Waals surface area contributed by atoms with Gasteiger partial charge in [-0.15, -0.1) is 0 Å². The van der Waals surface area contributed by atoms with Gasteiger partial charge in [-0.1, -0.05) is 0 Å². The third-order valence-electron chi connectivity index (χ3n) is 3.54. The Bertz CT molecular complexity index is 476. The van der Waals surface area contributed by atoms with E-state index in [1.807, 2.05) is 6.92 Å². The van der Waals surface area contributed by atoms with Crippen LogP contribution in [0.15, 0.2) is 24.3 Å². The number of hydrogen-bond acceptors (Lipinski definition) is 3. The zero-order chi connectivity index (χ0) is 13.9. The Labute approximate surface area is 112 Å². The lowest BCUT2D eigenvalue weighted by Crippen LogP contribution is -2.46. The SMILES string of the molecule is CC1(C(=O)Nc2ccc(C(=O)O)cc2)CCCNC1. The molecule has 1 aromatic carbocycles. The van der Waals surface area contributed by atoms with Crippen LogP contribution in [0, 0.1) is 5.41 Å². The number of aromatic carboxylic acids is 1. The van der Waals surface area contributed by atoms with Crippen molar-refractivity contribution < 1.29 is 14.7 Å². The van der Waals surface area contributed by atoms with E-state index in [0.29, 0.717) is 12.2 Å². The minimum atomic E-state index is -0.971. The summed E-state index contributed by atoms with van der Waals surface area (Å²) in [6, 6.07) is 6.20. The molecule has 3 N–H and O–H groups in total. The monoisotopic (exact) mass is 262 g/mol. The molecule has 1 aliphatic heterocycles. The molecule has 0 aliphatic carbocycles. The van der Waals surface area contributed by atoms with Crippen molar-refractivity contribution in [1.29, 1.82) is 0 Å². The lowest BCUT2D eigenvalue weighted by molar-refractivity contribution is -0.125. The molecule has 1 heterocycles. The Kier molecular flexibility index (Phi) is 3.85. The molecule has 102 valence electrons. The van der Waals surface area contributed by atoms with Crippen LogP contribution in [0.1, 0.15) is 30.1 Å². The van der Waals surface area contributed by atoms with Gasteiger partial charge in [-0.3, -0.25) is 4.79 Å². The summed E-state index contributed by atoms with van der Waals surface area (Å²) in [7, 11) is 0. The highest BCUT2D eigenvalue weighted by molar-refractivity contribution is 5.96. The van der Waals surface area contributed by atoms with Crippen LogP contribution >= 0.6 is 0 Å². The Hall–Kier alpha value is -1.88. The number of carboxylic acid groups (broad SMARTS) is 1. The van der Waals surface area contributed by atoms with Crippen LogP contribution in [0.3, 0.4) is 0 Å². The fraction of sp³-hybridized carbons (Fsp3) is 0.429. The molecule has 5 nitrogen and oxygen atoms in total. The molecule has 5 heteroatoms. The first kappa shape index (κ1) is 13.5. The molecule has 0 bridgehead atoms. The van der Waals surface area contributed by atoms with Crippen molar-refractivity contribution in [2.24, 2.45) is 5.41 Å². The second-order valence-electron chi connectivity index (χ2n) is 5.18. The van der Waals surface area contributed by atoms with E-state index in [2.05, 4.69) is 10.6 Å². The highest BCUT2D eigenvalue weighted by Crippen LogP contribution is 2.27. The number of anilines is 1. The van der Waals surface area contributed by atoms with Crippen molar-refractivity contribution in [2.45, 2.75) is 19.8 Å². The lowest BCUT2D eigenvalue weighted by Gasteiger charge is -2.32. The van der Waals surface area contributed by atoms with Gasteiger partial charge in [-0.25, -0.2) is 4.79 Å². The maximum absolute atomic E-state index is 12.2. The van der Waals surface area contributed by atoms with E-state index in [0.717, 1.165) is 19.4 Å². The number of hydrogen-bond donors (Lipinski definition) is 3. The molecule has 1 saturated heterocycles. The van der Waals surface area contributed by atoms with Crippen molar-refractivity contribution in [3.8, 4) is 0 Å². The highest BCUT2D eigenvalue weighted by atomic mass is 16.4. The van der Waals surface area contributed by atoms with Crippen molar-refractivity contribution >= 4 is 17.6 Å². The Morgan fingerprint density at radius 3 is 2.53 bits per heavy atom. The van der Waals surface area contributed by atoms with Crippen LogP contribution in [-0.2, 0) is 4.79 Å². The van der Waals surface area contributed by atoms with E-state index in [4.69, 9.17) is 5.11 Å². The van der Waals surface area contributed by atoms with Gasteiger partial charge in [-0.2, -0.15) is 0 Å². The Balaban J connectivity index is 2.04. The minimum absolute atomic E-state index is 0.0252. The fourth-order valence-corrected chi connectivity index (χ4v) is 2.23. The van der Waals surface area contributed by atoms with Gasteiger partial charge < -0.3 is 15.7 Å². The minimum Gasteiger partial charge on any atom is -0.478 e. The van der Waals surface area contributed by atoms with Gasteiger partial charge in [0, 0.05) is 12.2 Å². The number of nitrogens with one attached hydrogen (secondary N) is 2. The second kappa shape index (κ2) is 5.40. The topological polar surface area (TPSA) is 78.4 Å². The van der Waals surface area contributed by atoms with E-state index in [1.54, 1.807) is 12.1 Å². The van der Waals surface area contributed by atoms with E-state index >= 15 is 0 Å². The first-order chi connectivity index (χ1) is 9.01. The molecule has 0 saturated carbocycles. The van der Waals surface area contributed by atoms with Gasteiger partial charge in [0.1, 0.15) is 0 Å². The number of carbonyl (C=O) groups excluding carboxylic acids is 1. The van der Waals surface area contributed by atoms with Crippen LogP contribution in [-0.4, -0.2) is 30.1 Å². The Morgan fingerprint density at radius 2 is 2.00 bits per heavy atom. The van der Waals surface area contributed by atoms with Crippen LogP contribution in [0.25, 0.3) is 0 Å². The molecule has 19 heavy (non-hydrogen) atoms. The number of carbonyl (C=O) groups is 2. The molecule has 1 aromatic rings. The average Bonchev–Trinajstić information content (AvgIpc) is 2.40. The number of rotatable bonds is 3. The van der Waals surface area contributed by atoms with Crippen LogP contribution in [0.2, 0.25) is 0 Å². The molecular weight excluding hydrogens is 244 g/mol. The van der Waals surface area contributed by atoms with Crippen molar-refractivity contribution in [3.05, 3.63) is 29.8 Å². The van der Waals surface area contributed by atoms with Gasteiger partial charge in [0.25, 0.3) is 0 Å². The van der Waals surface area contributed by atoms with E-state index in [9.17, 15) is 9.59 Å². The summed E-state index contributed by atoms with van der Waals surface area (Å²) in [4.78, 5) is 23.0. The van der Waals surface area contributed by atoms with E-state index in [-0.39, 0.29) is 11.5 Å². The van der Waals surface area contributed by atoms with Crippen LogP contribution in [0.4, 0.5) is 5.69 Å². The number of carboxylic acids is 1. The van der Waals surface area contributed by atoms with Crippen molar-refractivity contribution in [2.75, 3.05) is 18.4 Å². The zero-order valence-electron chi connectivity index (χ0n) is 10.9. The summed E-state index contributed by atoms with van der Waals surface area (Å²) >= 11 is 0. The highest BCUT2D eigenvalue weighted by Gasteiger charge is 2.34. The number of piperidine rings is 1. The second-order valence-corrected chi connectivity index (χ2v) is 5.18. The van der Waals surface area contributed by atoms with E-state index in [1.165, 1.54) is 12.1 Å². The molecule has 1 amide bonds. The molecule has 0 aromatic heterocycles. The summed E-state index contributed by atoms with van der Waals surface area (Å²) in [5.74, 6) is -0.996. The van der Waals surface area contributed by atoms with Gasteiger partial charge in [-0.05, 0) is 50.6 Å². The van der Waals surface area contributed by atoms with Crippen LogP contribution < -0.4 is 10.6 Å². The third kappa shape index (κ3) is 3.12. The fourth-order valence-electron chi connectivity index (χ4n) is 2.23. The van der Waals surface area contributed by atoms with Gasteiger partial charge in [0.05, 0.1) is 11.0 Å². The zero-order valence-corrected chi connectivity index (χ0v) is 10.9. The summed E-state index contributed by atoms with van der Waals surface area (Å²) in [6.45, 7) is 3.57. The summed E-state index contributed by atoms with van der Waals surface area (Å²) < 4.78 is 0. The molecule has 1 aliphatic rings. The summed E-state index contributed by atoms with van der Waals surface area (Å²) in [5, 5.41) is 14.9. The number of benzene rings is 1. The molecular formula is C14H18N2O3. The van der Waals surface area contributed by atoms with Gasteiger partial charge in [0.15, 0.2) is 0 Å². The largest absolute Gasteiger partial charge is 0.478 e. The molecule has 1 unspecified atom stereocenters. The van der Waals surface area contributed by atoms with Crippen molar-refractivity contribution in [3.63, 3.8) is 0 Å². The first-order valence-electron chi connectivity index (χ1n) is 6.37. The average molecular weight is 262 g/mol. The maximum atomic E-state index is 12.2. The van der Waals surface area contributed by atoms with E-state index < -0.39 is 11.4 Å². The van der Waals surface area contributed by atoms with Gasteiger partial charge in [0.2, 0.25) is 5.91 Å². The molecule has 2 rings (SSSR count). The standard InChI is InChI=1S/C14H18N2O3/c1-14(7-2-8-15-9-14)13(19)16-11-5-3-10(4-6-11)12(17)18/h3-6,15H,2,7-9H2,1H3,(H,16,19)(H,17,18). The first-order valence-corrected chi connectivity index (χ1v) is 6.37. The predicted molar refractivity (Wildman–Crippen MR) is 72.2 cm³/mol. The third-order valence-corrected chi connectivity index (χ3v) is 3.54. The number of amides is 1. The lowest BCUT2D eigenvalue weighted by atomic mass is 9.82. The molecule has 0 radical (unpaired) electrons.